The lowest BCUT2D eigenvalue weighted by atomic mass is 10.1. The van der Waals surface area contributed by atoms with E-state index in [1.807, 2.05) is 12.1 Å². The van der Waals surface area contributed by atoms with Gasteiger partial charge in [-0.15, -0.1) is 0 Å². The number of halogens is 1. The van der Waals surface area contributed by atoms with E-state index in [1.165, 1.54) is 27.1 Å². The fourth-order valence-electron chi connectivity index (χ4n) is 3.54. The molecule has 0 N–H and O–H groups in total. The largest absolute Gasteiger partial charge is 0.309 e. The molecule has 5 aromatic rings. The third kappa shape index (κ3) is 1.95. The molecule has 0 fully saturated rings. The maximum atomic E-state index is 6.29. The van der Waals surface area contributed by atoms with Crippen LogP contribution in [0.25, 0.3) is 38.3 Å². The van der Waals surface area contributed by atoms with E-state index in [0.717, 1.165) is 16.2 Å². The van der Waals surface area contributed by atoms with E-state index in [9.17, 15) is 0 Å². The fourth-order valence-corrected chi connectivity index (χ4v) is 3.70. The molecule has 0 unspecified atom stereocenters. The van der Waals surface area contributed by atoms with E-state index in [0.29, 0.717) is 0 Å². The van der Waals surface area contributed by atoms with Crippen LogP contribution in [0.4, 0.5) is 0 Å². The highest BCUT2D eigenvalue weighted by atomic mass is 35.5. The van der Waals surface area contributed by atoms with Crippen molar-refractivity contribution >= 4 is 44.2 Å². The Kier molecular flexibility index (Phi) is 2.91. The molecule has 114 valence electrons. The standard InChI is InChI=1S/C22H14ClN/c23-17-10-12-20-19-7-3-4-8-21(19)24(22(20)14-17)18-11-9-15-5-1-2-6-16(15)13-18/h1-14H. The minimum absolute atomic E-state index is 0.757. The Balaban J connectivity index is 1.93. The van der Waals surface area contributed by atoms with Crippen molar-refractivity contribution in [2.45, 2.75) is 0 Å². The molecule has 0 aliphatic heterocycles. The molecule has 0 bridgehead atoms. The second-order valence-electron chi connectivity index (χ2n) is 6.05. The summed E-state index contributed by atoms with van der Waals surface area (Å²) in [4.78, 5) is 0. The molecule has 4 aromatic carbocycles. The van der Waals surface area contributed by atoms with Crippen molar-refractivity contribution in [1.82, 2.24) is 4.57 Å². The van der Waals surface area contributed by atoms with Gasteiger partial charge in [0.15, 0.2) is 0 Å². The molecule has 0 spiro atoms. The van der Waals surface area contributed by atoms with Gasteiger partial charge in [0.1, 0.15) is 0 Å². The second kappa shape index (κ2) is 5.12. The van der Waals surface area contributed by atoms with Crippen LogP contribution >= 0.6 is 11.6 Å². The zero-order valence-electron chi connectivity index (χ0n) is 12.9. The summed E-state index contributed by atoms with van der Waals surface area (Å²) in [5.41, 5.74) is 3.49. The number of benzene rings is 4. The Hall–Kier alpha value is -2.77. The molecular weight excluding hydrogens is 314 g/mol. The molecule has 0 radical (unpaired) electrons. The van der Waals surface area contributed by atoms with Crippen LogP contribution in [0.15, 0.2) is 84.9 Å². The van der Waals surface area contributed by atoms with E-state index in [2.05, 4.69) is 77.4 Å². The van der Waals surface area contributed by atoms with Crippen molar-refractivity contribution in [2.24, 2.45) is 0 Å². The molecule has 24 heavy (non-hydrogen) atoms. The molecule has 2 heteroatoms. The highest BCUT2D eigenvalue weighted by Crippen LogP contribution is 2.34. The first-order valence-corrected chi connectivity index (χ1v) is 8.37. The number of nitrogens with zero attached hydrogens (tertiary/aromatic N) is 1. The number of para-hydroxylation sites is 1. The molecule has 0 aliphatic carbocycles. The molecule has 0 aliphatic rings. The zero-order chi connectivity index (χ0) is 16.1. The van der Waals surface area contributed by atoms with Crippen LogP contribution in [-0.4, -0.2) is 4.57 Å². The predicted molar refractivity (Wildman–Crippen MR) is 103 cm³/mol. The summed E-state index contributed by atoms with van der Waals surface area (Å²) >= 11 is 6.29. The van der Waals surface area contributed by atoms with Gasteiger partial charge in [0.05, 0.1) is 11.0 Å². The third-order valence-corrected chi connectivity index (χ3v) is 4.86. The van der Waals surface area contributed by atoms with Crippen LogP contribution < -0.4 is 0 Å². The van der Waals surface area contributed by atoms with Crippen molar-refractivity contribution in [3.63, 3.8) is 0 Å². The molecule has 1 aromatic heterocycles. The van der Waals surface area contributed by atoms with Gasteiger partial charge in [0.2, 0.25) is 0 Å². The quantitative estimate of drug-likeness (QED) is 0.327. The Morgan fingerprint density at radius 1 is 0.583 bits per heavy atom. The lowest BCUT2D eigenvalue weighted by molar-refractivity contribution is 1.19. The van der Waals surface area contributed by atoms with Gasteiger partial charge in [-0.3, -0.25) is 0 Å². The number of hydrogen-bond acceptors (Lipinski definition) is 0. The van der Waals surface area contributed by atoms with E-state index in [4.69, 9.17) is 11.6 Å². The normalized spacial score (nSPS) is 11.5. The molecule has 1 nitrogen and oxygen atoms in total. The lowest BCUT2D eigenvalue weighted by Gasteiger charge is -2.09. The number of aromatic nitrogens is 1. The topological polar surface area (TPSA) is 4.93 Å². The average Bonchev–Trinajstić information content (AvgIpc) is 2.94. The molecule has 5 rings (SSSR count). The average molecular weight is 328 g/mol. The smallest absolute Gasteiger partial charge is 0.0555 e. The van der Waals surface area contributed by atoms with Gasteiger partial charge >= 0.3 is 0 Å². The highest BCUT2D eigenvalue weighted by molar-refractivity contribution is 6.31. The summed E-state index contributed by atoms with van der Waals surface area (Å²) in [5.74, 6) is 0. The van der Waals surface area contributed by atoms with Crippen LogP contribution in [0.1, 0.15) is 0 Å². The van der Waals surface area contributed by atoms with E-state index >= 15 is 0 Å². The van der Waals surface area contributed by atoms with Gasteiger partial charge in [-0.05, 0) is 41.1 Å². The maximum absolute atomic E-state index is 6.29. The van der Waals surface area contributed by atoms with Crippen LogP contribution in [0.3, 0.4) is 0 Å². The van der Waals surface area contributed by atoms with E-state index in [1.54, 1.807) is 0 Å². The Labute approximate surface area is 144 Å². The summed E-state index contributed by atoms with van der Waals surface area (Å²) in [5, 5.41) is 5.72. The van der Waals surface area contributed by atoms with Gasteiger partial charge in [-0.2, -0.15) is 0 Å². The first-order chi connectivity index (χ1) is 11.8. The van der Waals surface area contributed by atoms with Gasteiger partial charge < -0.3 is 4.57 Å². The predicted octanol–water partition coefficient (Wildman–Crippen LogP) is 6.59. The van der Waals surface area contributed by atoms with Crippen molar-refractivity contribution in [1.29, 1.82) is 0 Å². The van der Waals surface area contributed by atoms with Gasteiger partial charge in [0.25, 0.3) is 0 Å². The van der Waals surface area contributed by atoms with Gasteiger partial charge in [0, 0.05) is 21.5 Å². The lowest BCUT2D eigenvalue weighted by Crippen LogP contribution is -1.93. The van der Waals surface area contributed by atoms with Crippen molar-refractivity contribution in [3.8, 4) is 5.69 Å². The van der Waals surface area contributed by atoms with Crippen LogP contribution in [0.5, 0.6) is 0 Å². The monoisotopic (exact) mass is 327 g/mol. The molecule has 0 amide bonds. The van der Waals surface area contributed by atoms with Crippen LogP contribution in [-0.2, 0) is 0 Å². The molecule has 0 atom stereocenters. The Bertz CT molecular complexity index is 1220. The number of rotatable bonds is 1. The minimum atomic E-state index is 0.757. The minimum Gasteiger partial charge on any atom is -0.309 e. The number of hydrogen-bond donors (Lipinski definition) is 0. The zero-order valence-corrected chi connectivity index (χ0v) is 13.7. The Morgan fingerprint density at radius 2 is 1.33 bits per heavy atom. The van der Waals surface area contributed by atoms with Crippen molar-refractivity contribution < 1.29 is 0 Å². The molecule has 0 saturated carbocycles. The van der Waals surface area contributed by atoms with Gasteiger partial charge in [-0.25, -0.2) is 0 Å². The molecule has 0 saturated heterocycles. The van der Waals surface area contributed by atoms with Crippen molar-refractivity contribution in [3.05, 3.63) is 90.0 Å². The summed E-state index contributed by atoms with van der Waals surface area (Å²) in [6.07, 6.45) is 0. The first kappa shape index (κ1) is 13.6. The second-order valence-corrected chi connectivity index (χ2v) is 6.48. The molecular formula is C22H14ClN. The SMILES string of the molecule is Clc1ccc2c3ccccc3n(-c3ccc4ccccc4c3)c2c1. The summed E-state index contributed by atoms with van der Waals surface area (Å²) in [6, 6.07) is 29.7. The summed E-state index contributed by atoms with van der Waals surface area (Å²) in [6.45, 7) is 0. The van der Waals surface area contributed by atoms with E-state index in [-0.39, 0.29) is 0 Å². The van der Waals surface area contributed by atoms with E-state index < -0.39 is 0 Å². The van der Waals surface area contributed by atoms with Gasteiger partial charge in [-0.1, -0.05) is 66.2 Å². The van der Waals surface area contributed by atoms with Crippen molar-refractivity contribution in [2.75, 3.05) is 0 Å². The maximum Gasteiger partial charge on any atom is 0.0555 e. The summed E-state index contributed by atoms with van der Waals surface area (Å²) < 4.78 is 2.29. The van der Waals surface area contributed by atoms with Crippen LogP contribution in [0, 0.1) is 0 Å². The summed E-state index contributed by atoms with van der Waals surface area (Å²) in [7, 11) is 0. The third-order valence-electron chi connectivity index (χ3n) is 4.63. The highest BCUT2D eigenvalue weighted by Gasteiger charge is 2.12. The number of fused-ring (bicyclic) bond motifs is 4. The van der Waals surface area contributed by atoms with Crippen LogP contribution in [0.2, 0.25) is 5.02 Å². The Morgan fingerprint density at radius 3 is 2.25 bits per heavy atom. The first-order valence-electron chi connectivity index (χ1n) is 7.99. The molecule has 1 heterocycles. The fraction of sp³-hybridized carbons (Fsp3) is 0.